The molecule has 1 aromatic carbocycles. The molecule has 2 heterocycles. The van der Waals surface area contributed by atoms with Gasteiger partial charge in [0.2, 0.25) is 0 Å². The maximum absolute atomic E-state index is 12.2. The number of nitrogens with one attached hydrogen (secondary N) is 4. The third-order valence-electron chi connectivity index (χ3n) is 3.72. The molecule has 4 N–H and O–H groups in total. The van der Waals surface area contributed by atoms with Crippen LogP contribution in [0.3, 0.4) is 0 Å². The fourth-order valence-corrected chi connectivity index (χ4v) is 2.68. The van der Waals surface area contributed by atoms with Crippen LogP contribution in [0.4, 0.5) is 0 Å². The molecule has 2 unspecified atom stereocenters. The molecule has 1 aromatic heterocycles. The lowest BCUT2D eigenvalue weighted by molar-refractivity contribution is -0.123. The first-order valence-corrected chi connectivity index (χ1v) is 8.19. The van der Waals surface area contributed by atoms with Crippen LogP contribution in [0.25, 0.3) is 0 Å². The van der Waals surface area contributed by atoms with Gasteiger partial charge in [-0.05, 0) is 36.2 Å². The van der Waals surface area contributed by atoms with Crippen molar-refractivity contribution in [1.82, 2.24) is 26.7 Å². The highest BCUT2D eigenvalue weighted by Crippen LogP contribution is 2.23. The van der Waals surface area contributed by atoms with Crippen molar-refractivity contribution in [1.29, 1.82) is 0 Å². The highest BCUT2D eigenvalue weighted by atomic mass is 79.9. The Morgan fingerprint density at radius 2 is 1.92 bits per heavy atom. The zero-order valence-electron chi connectivity index (χ0n) is 12.6. The number of aromatic nitrogens is 1. The van der Waals surface area contributed by atoms with E-state index in [1.807, 2.05) is 24.3 Å². The van der Waals surface area contributed by atoms with E-state index in [0.717, 1.165) is 10.0 Å². The predicted octanol–water partition coefficient (Wildman–Crippen LogP) is 1.21. The van der Waals surface area contributed by atoms with E-state index in [2.05, 4.69) is 42.6 Å². The van der Waals surface area contributed by atoms with Crippen molar-refractivity contribution in [2.24, 2.45) is 0 Å². The van der Waals surface area contributed by atoms with Crippen LogP contribution in [0.2, 0.25) is 0 Å². The van der Waals surface area contributed by atoms with Crippen molar-refractivity contribution >= 4 is 27.7 Å². The van der Waals surface area contributed by atoms with Crippen molar-refractivity contribution in [3.05, 3.63) is 64.4 Å². The van der Waals surface area contributed by atoms with Crippen molar-refractivity contribution in [2.45, 2.75) is 18.5 Å². The minimum absolute atomic E-state index is 0.0304. The van der Waals surface area contributed by atoms with Crippen LogP contribution in [0, 0.1) is 0 Å². The first-order chi connectivity index (χ1) is 11.6. The topological polar surface area (TPSA) is 95.2 Å². The summed E-state index contributed by atoms with van der Waals surface area (Å²) in [5, 5.41) is 0. The summed E-state index contributed by atoms with van der Waals surface area (Å²) in [5.41, 5.74) is 12.3. The van der Waals surface area contributed by atoms with E-state index in [0.29, 0.717) is 12.0 Å². The lowest BCUT2D eigenvalue weighted by Gasteiger charge is -2.11. The molecule has 2 atom stereocenters. The third kappa shape index (κ3) is 3.97. The van der Waals surface area contributed by atoms with Gasteiger partial charge in [-0.2, -0.15) is 0 Å². The van der Waals surface area contributed by atoms with Crippen LogP contribution in [0.5, 0.6) is 0 Å². The summed E-state index contributed by atoms with van der Waals surface area (Å²) in [6, 6.07) is 10.8. The first kappa shape index (κ1) is 16.6. The van der Waals surface area contributed by atoms with Crippen LogP contribution in [-0.4, -0.2) is 22.8 Å². The van der Waals surface area contributed by atoms with Gasteiger partial charge in [0, 0.05) is 22.9 Å². The molecular weight excluding hydrogens is 374 g/mol. The molecule has 2 amide bonds. The number of hydrogen-bond donors (Lipinski definition) is 4. The lowest BCUT2D eigenvalue weighted by Crippen LogP contribution is -2.50. The van der Waals surface area contributed by atoms with E-state index in [4.69, 9.17) is 0 Å². The van der Waals surface area contributed by atoms with E-state index in [-0.39, 0.29) is 11.9 Å². The molecule has 1 aliphatic rings. The Morgan fingerprint density at radius 3 is 2.62 bits per heavy atom. The largest absolute Gasteiger partial charge is 0.271 e. The molecule has 3 rings (SSSR count). The average Bonchev–Trinajstić information content (AvgIpc) is 3.11. The number of hydrazine groups is 2. The summed E-state index contributed by atoms with van der Waals surface area (Å²) in [6.07, 6.45) is 3.59. The van der Waals surface area contributed by atoms with Crippen molar-refractivity contribution in [3.8, 4) is 0 Å². The molecule has 1 saturated heterocycles. The molecule has 2 aromatic rings. The molecule has 0 radical (unpaired) electrons. The van der Waals surface area contributed by atoms with Gasteiger partial charge in [-0.1, -0.05) is 28.1 Å². The maximum Gasteiger partial charge on any atom is 0.271 e. The van der Waals surface area contributed by atoms with Crippen molar-refractivity contribution in [2.75, 3.05) is 0 Å². The minimum atomic E-state index is -0.437. The molecule has 0 saturated carbocycles. The average molecular weight is 390 g/mol. The summed E-state index contributed by atoms with van der Waals surface area (Å²) in [5.74, 6) is -0.716. The minimum Gasteiger partial charge on any atom is -0.271 e. The van der Waals surface area contributed by atoms with Gasteiger partial charge in [-0.25, -0.2) is 10.9 Å². The third-order valence-corrected chi connectivity index (χ3v) is 4.24. The summed E-state index contributed by atoms with van der Waals surface area (Å²) in [6.45, 7) is 0. The number of rotatable bonds is 3. The highest BCUT2D eigenvalue weighted by Gasteiger charge is 2.30. The Balaban J connectivity index is 1.51. The lowest BCUT2D eigenvalue weighted by atomic mass is 10.0. The number of carbonyl (C=O) groups is 2. The van der Waals surface area contributed by atoms with Crippen LogP contribution in [0.15, 0.2) is 53.3 Å². The second-order valence-electron chi connectivity index (χ2n) is 5.37. The van der Waals surface area contributed by atoms with Gasteiger partial charge < -0.3 is 0 Å². The van der Waals surface area contributed by atoms with Crippen LogP contribution in [0.1, 0.15) is 28.4 Å². The van der Waals surface area contributed by atoms with E-state index in [1.165, 1.54) is 6.20 Å². The number of carbonyl (C=O) groups excluding carboxylic acids is 2. The summed E-state index contributed by atoms with van der Waals surface area (Å²) >= 11 is 3.40. The van der Waals surface area contributed by atoms with Gasteiger partial charge >= 0.3 is 0 Å². The molecule has 0 bridgehead atoms. The fourth-order valence-electron chi connectivity index (χ4n) is 2.42. The number of hydrogen-bond acceptors (Lipinski definition) is 5. The summed E-state index contributed by atoms with van der Waals surface area (Å²) in [4.78, 5) is 27.9. The maximum atomic E-state index is 12.2. The monoisotopic (exact) mass is 389 g/mol. The number of nitrogens with zero attached hydrogens (tertiary/aromatic N) is 1. The zero-order valence-corrected chi connectivity index (χ0v) is 14.2. The molecule has 124 valence electrons. The molecule has 1 fully saturated rings. The van der Waals surface area contributed by atoms with Gasteiger partial charge in [0.15, 0.2) is 0 Å². The highest BCUT2D eigenvalue weighted by molar-refractivity contribution is 9.10. The second-order valence-corrected chi connectivity index (χ2v) is 6.28. The standard InChI is InChI=1S/C16H16BrN5O2/c17-12-5-3-10(4-6-12)13-8-14(20-19-13)16(24)22-21-15(23)11-2-1-7-18-9-11/h1-7,9,13-14,19-20H,8H2,(H,21,23)(H,22,24). The molecule has 8 heteroatoms. The van der Waals surface area contributed by atoms with E-state index < -0.39 is 11.9 Å². The van der Waals surface area contributed by atoms with Crippen molar-refractivity contribution in [3.63, 3.8) is 0 Å². The van der Waals surface area contributed by atoms with E-state index in [9.17, 15) is 9.59 Å². The summed E-state index contributed by atoms with van der Waals surface area (Å²) < 4.78 is 1.00. The van der Waals surface area contributed by atoms with Gasteiger partial charge in [0.05, 0.1) is 5.56 Å². The molecule has 0 spiro atoms. The number of pyridine rings is 1. The Morgan fingerprint density at radius 1 is 1.12 bits per heavy atom. The van der Waals surface area contributed by atoms with Crippen molar-refractivity contribution < 1.29 is 9.59 Å². The van der Waals surface area contributed by atoms with E-state index in [1.54, 1.807) is 18.3 Å². The van der Waals surface area contributed by atoms with Crippen LogP contribution >= 0.6 is 15.9 Å². The van der Waals surface area contributed by atoms with Gasteiger partial charge in [-0.15, -0.1) is 0 Å². The van der Waals surface area contributed by atoms with Gasteiger partial charge in [-0.3, -0.25) is 25.4 Å². The molecule has 7 nitrogen and oxygen atoms in total. The predicted molar refractivity (Wildman–Crippen MR) is 91.4 cm³/mol. The Labute approximate surface area is 147 Å². The molecule has 24 heavy (non-hydrogen) atoms. The summed E-state index contributed by atoms with van der Waals surface area (Å²) in [7, 11) is 0. The second kappa shape index (κ2) is 7.52. The number of amides is 2. The molecule has 1 aliphatic heterocycles. The van der Waals surface area contributed by atoms with Crippen LogP contribution < -0.4 is 21.7 Å². The SMILES string of the molecule is O=C(NNC(=O)C1CC(c2ccc(Br)cc2)NN1)c1cccnc1. The van der Waals surface area contributed by atoms with Gasteiger partial charge in [0.25, 0.3) is 11.8 Å². The quantitative estimate of drug-likeness (QED) is 0.592. The fraction of sp³-hybridized carbons (Fsp3) is 0.188. The number of benzene rings is 1. The molecular formula is C16H16BrN5O2. The zero-order chi connectivity index (χ0) is 16.9. The van der Waals surface area contributed by atoms with E-state index >= 15 is 0 Å². The number of halogens is 1. The Kier molecular flexibility index (Phi) is 5.19. The van der Waals surface area contributed by atoms with Crippen LogP contribution in [-0.2, 0) is 4.79 Å². The first-order valence-electron chi connectivity index (χ1n) is 7.40. The Bertz CT molecular complexity index is 723. The normalized spacial score (nSPS) is 19.7. The van der Waals surface area contributed by atoms with Gasteiger partial charge in [0.1, 0.15) is 6.04 Å². The molecule has 0 aliphatic carbocycles. The smallest absolute Gasteiger partial charge is 0.271 e. The Hall–Kier alpha value is -2.29.